The van der Waals surface area contributed by atoms with Crippen molar-refractivity contribution in [1.82, 2.24) is 0 Å². The van der Waals surface area contributed by atoms with E-state index in [9.17, 15) is 4.79 Å². The molecule has 4 nitrogen and oxygen atoms in total. The number of rotatable bonds is 1. The summed E-state index contributed by atoms with van der Waals surface area (Å²) >= 11 is 0. The number of fused-ring (bicyclic) bond motifs is 1. The fourth-order valence-electron chi connectivity index (χ4n) is 1.26. The Morgan fingerprint density at radius 2 is 2.31 bits per heavy atom. The van der Waals surface area contributed by atoms with Crippen molar-refractivity contribution in [2.45, 2.75) is 13.5 Å². The lowest BCUT2D eigenvalue weighted by atomic mass is 10.1. The molecular formula is C9H8O4. The molecule has 4 heteroatoms. The Balaban J connectivity index is 2.81. The molecule has 0 aliphatic carbocycles. The first-order chi connectivity index (χ1) is 6.24. The van der Waals surface area contributed by atoms with Gasteiger partial charge in [0, 0.05) is 11.1 Å². The first-order valence-electron chi connectivity index (χ1n) is 3.84. The van der Waals surface area contributed by atoms with E-state index in [0.717, 1.165) is 0 Å². The molecule has 0 saturated heterocycles. The van der Waals surface area contributed by atoms with Crippen LogP contribution in [0.3, 0.4) is 0 Å². The largest absolute Gasteiger partial charge is 0.463 e. The predicted molar refractivity (Wildman–Crippen MR) is 44.5 cm³/mol. The van der Waals surface area contributed by atoms with Gasteiger partial charge in [0.15, 0.2) is 11.5 Å². The van der Waals surface area contributed by atoms with E-state index < -0.39 is 0 Å². The van der Waals surface area contributed by atoms with Crippen LogP contribution in [0.25, 0.3) is 11.3 Å². The molecule has 13 heavy (non-hydrogen) atoms. The molecule has 2 heterocycles. The lowest BCUT2D eigenvalue weighted by molar-refractivity contribution is 0.240. The van der Waals surface area contributed by atoms with Gasteiger partial charge in [-0.05, 0) is 13.0 Å². The summed E-state index contributed by atoms with van der Waals surface area (Å²) in [6, 6.07) is 1.65. The van der Waals surface area contributed by atoms with E-state index in [1.54, 1.807) is 13.0 Å². The van der Waals surface area contributed by atoms with Crippen molar-refractivity contribution in [2.24, 2.45) is 0 Å². The summed E-state index contributed by atoms with van der Waals surface area (Å²) < 4.78 is 9.89. The van der Waals surface area contributed by atoms with Crippen LogP contribution in [-0.2, 0) is 6.61 Å². The number of furan rings is 1. The summed E-state index contributed by atoms with van der Waals surface area (Å²) in [6.45, 7) is 1.40. The van der Waals surface area contributed by atoms with E-state index in [4.69, 9.17) is 13.9 Å². The number of aliphatic hydroxyl groups is 1. The van der Waals surface area contributed by atoms with Crippen LogP contribution in [0, 0.1) is 6.92 Å². The van der Waals surface area contributed by atoms with E-state index in [2.05, 4.69) is 0 Å². The molecule has 0 aromatic carbocycles. The molecule has 0 radical (unpaired) electrons. The van der Waals surface area contributed by atoms with Gasteiger partial charge < -0.3 is 13.9 Å². The van der Waals surface area contributed by atoms with Gasteiger partial charge in [-0.3, -0.25) is 0 Å². The van der Waals surface area contributed by atoms with Crippen LogP contribution < -0.4 is 5.63 Å². The van der Waals surface area contributed by atoms with Crippen LogP contribution in [0.1, 0.15) is 11.3 Å². The highest BCUT2D eigenvalue weighted by atomic mass is 16.4. The average Bonchev–Trinajstić information content (AvgIpc) is 2.43. The number of hydrogen-bond donors (Lipinski definition) is 1. The summed E-state index contributed by atoms with van der Waals surface area (Å²) in [5, 5.41) is 8.88. The van der Waals surface area contributed by atoms with Crippen LogP contribution in [-0.4, -0.2) is 5.11 Å². The SMILES string of the molecule is Cc1c2ccoc(CO)c-2oc1=O. The molecule has 0 unspecified atom stereocenters. The maximum atomic E-state index is 11.1. The van der Waals surface area contributed by atoms with Crippen molar-refractivity contribution in [1.29, 1.82) is 0 Å². The molecule has 2 rings (SSSR count). The third kappa shape index (κ3) is 1.07. The minimum absolute atomic E-state index is 0.274. The molecule has 68 valence electrons. The van der Waals surface area contributed by atoms with E-state index in [-0.39, 0.29) is 18.0 Å². The molecule has 0 aromatic heterocycles. The zero-order valence-corrected chi connectivity index (χ0v) is 7.03. The highest BCUT2D eigenvalue weighted by Crippen LogP contribution is 2.27. The Labute approximate surface area is 73.8 Å². The Morgan fingerprint density at radius 3 is 3.00 bits per heavy atom. The van der Waals surface area contributed by atoms with Crippen molar-refractivity contribution < 1.29 is 13.9 Å². The minimum atomic E-state index is -0.383. The van der Waals surface area contributed by atoms with E-state index in [0.29, 0.717) is 16.9 Å². The van der Waals surface area contributed by atoms with Gasteiger partial charge in [0.25, 0.3) is 0 Å². The van der Waals surface area contributed by atoms with Gasteiger partial charge >= 0.3 is 5.63 Å². The second-order valence-electron chi connectivity index (χ2n) is 2.76. The summed E-state index contributed by atoms with van der Waals surface area (Å²) in [5.41, 5.74) is 0.854. The van der Waals surface area contributed by atoms with E-state index in [1.807, 2.05) is 0 Å². The molecular weight excluding hydrogens is 172 g/mol. The third-order valence-corrected chi connectivity index (χ3v) is 1.99. The Morgan fingerprint density at radius 1 is 1.54 bits per heavy atom. The summed E-state index contributed by atoms with van der Waals surface area (Å²) in [5.74, 6) is 0.621. The highest BCUT2D eigenvalue weighted by Gasteiger charge is 2.18. The summed E-state index contributed by atoms with van der Waals surface area (Å²) in [4.78, 5) is 11.1. The predicted octanol–water partition coefficient (Wildman–Crippen LogP) is 1.14. The molecule has 2 aliphatic heterocycles. The molecule has 0 aromatic rings. The first-order valence-corrected chi connectivity index (χ1v) is 3.84. The first kappa shape index (κ1) is 8.07. The normalized spacial score (nSPS) is 10.9. The lowest BCUT2D eigenvalue weighted by Gasteiger charge is -2.00. The van der Waals surface area contributed by atoms with Crippen LogP contribution in [0.15, 0.2) is 26.0 Å². The Hall–Kier alpha value is -1.55. The fourth-order valence-corrected chi connectivity index (χ4v) is 1.26. The molecule has 1 N–H and O–H groups in total. The van der Waals surface area contributed by atoms with Crippen LogP contribution >= 0.6 is 0 Å². The van der Waals surface area contributed by atoms with Gasteiger partial charge in [-0.25, -0.2) is 4.79 Å². The van der Waals surface area contributed by atoms with Crippen molar-refractivity contribution in [2.75, 3.05) is 0 Å². The molecule has 0 saturated carbocycles. The van der Waals surface area contributed by atoms with Crippen molar-refractivity contribution in [3.8, 4) is 11.3 Å². The quantitative estimate of drug-likeness (QED) is 0.714. The standard InChI is InChI=1S/C9H8O4/c1-5-6-2-3-12-7(4-10)8(6)13-9(5)11/h2-3,10H,4H2,1H3. The van der Waals surface area contributed by atoms with Crippen molar-refractivity contribution >= 4 is 0 Å². The molecule has 0 atom stereocenters. The average molecular weight is 180 g/mol. The summed E-state index contributed by atoms with van der Waals surface area (Å²) in [6.07, 6.45) is 1.43. The zero-order valence-electron chi connectivity index (χ0n) is 7.03. The van der Waals surface area contributed by atoms with Gasteiger partial charge in [-0.15, -0.1) is 0 Å². The third-order valence-electron chi connectivity index (χ3n) is 1.99. The smallest absolute Gasteiger partial charge is 0.340 e. The molecule has 0 spiro atoms. The topological polar surface area (TPSA) is 63.6 Å². The molecule has 0 fully saturated rings. The van der Waals surface area contributed by atoms with Crippen LogP contribution in [0.5, 0.6) is 0 Å². The minimum Gasteiger partial charge on any atom is -0.463 e. The van der Waals surface area contributed by atoms with Crippen molar-refractivity contribution in [3.05, 3.63) is 34.1 Å². The molecule has 0 amide bonds. The second-order valence-corrected chi connectivity index (χ2v) is 2.76. The molecule has 2 aliphatic rings. The maximum Gasteiger partial charge on any atom is 0.340 e. The molecule has 0 bridgehead atoms. The fraction of sp³-hybridized carbons (Fsp3) is 0.222. The van der Waals surface area contributed by atoms with E-state index >= 15 is 0 Å². The van der Waals surface area contributed by atoms with Crippen molar-refractivity contribution in [3.63, 3.8) is 0 Å². The summed E-state index contributed by atoms with van der Waals surface area (Å²) in [7, 11) is 0. The van der Waals surface area contributed by atoms with Gasteiger partial charge in [-0.2, -0.15) is 0 Å². The van der Waals surface area contributed by atoms with Crippen LogP contribution in [0.4, 0.5) is 0 Å². The van der Waals surface area contributed by atoms with Crippen LogP contribution in [0.2, 0.25) is 0 Å². The zero-order chi connectivity index (χ0) is 9.42. The lowest BCUT2D eigenvalue weighted by Crippen LogP contribution is -1.93. The maximum absolute atomic E-state index is 11.1. The van der Waals surface area contributed by atoms with E-state index in [1.165, 1.54) is 6.26 Å². The van der Waals surface area contributed by atoms with Gasteiger partial charge in [0.2, 0.25) is 0 Å². The Bertz CT molecular complexity index is 451. The number of hydrogen-bond acceptors (Lipinski definition) is 4. The monoisotopic (exact) mass is 180 g/mol. The number of aliphatic hydroxyl groups excluding tert-OH is 1. The van der Waals surface area contributed by atoms with Gasteiger partial charge in [-0.1, -0.05) is 0 Å². The van der Waals surface area contributed by atoms with Gasteiger partial charge in [0.1, 0.15) is 6.61 Å². The van der Waals surface area contributed by atoms with Gasteiger partial charge in [0.05, 0.1) is 6.26 Å². The Kier molecular flexibility index (Phi) is 1.70. The second kappa shape index (κ2) is 2.74. The highest BCUT2D eigenvalue weighted by molar-refractivity contribution is 5.63.